The molecular weight excluding hydrogens is 305 g/mol. The third kappa shape index (κ3) is 4.05. The van der Waals surface area contributed by atoms with Gasteiger partial charge in [-0.2, -0.15) is 5.26 Å². The summed E-state index contributed by atoms with van der Waals surface area (Å²) in [5.41, 5.74) is 0.752. The number of halogens is 1. The highest BCUT2D eigenvalue weighted by Gasteiger charge is 2.12. The zero-order valence-electron chi connectivity index (χ0n) is 11.9. The molecule has 2 rings (SSSR count). The summed E-state index contributed by atoms with van der Waals surface area (Å²) in [7, 11) is 1.79. The SMILES string of the molecule is Cn1c(SCC(=O)NCCC#N)nnc1-c1ccc(F)cc1. The Morgan fingerprint density at radius 2 is 2.14 bits per heavy atom. The van der Waals surface area contributed by atoms with Crippen molar-refractivity contribution in [3.63, 3.8) is 0 Å². The maximum Gasteiger partial charge on any atom is 0.230 e. The standard InChI is InChI=1S/C14H14FN5OS/c1-20-13(10-3-5-11(15)6-4-10)18-19-14(20)22-9-12(21)17-8-2-7-16/h3-6H,2,8-9H2,1H3,(H,17,21). The number of hydrogen-bond acceptors (Lipinski definition) is 5. The van der Waals surface area contributed by atoms with Gasteiger partial charge in [-0.25, -0.2) is 4.39 Å². The highest BCUT2D eigenvalue weighted by molar-refractivity contribution is 7.99. The number of nitrogens with zero attached hydrogens (tertiary/aromatic N) is 4. The van der Waals surface area contributed by atoms with Gasteiger partial charge in [0.15, 0.2) is 11.0 Å². The molecule has 1 heterocycles. The molecule has 2 aromatic rings. The topological polar surface area (TPSA) is 83.6 Å². The van der Waals surface area contributed by atoms with Crippen LogP contribution in [-0.4, -0.2) is 33.0 Å². The lowest BCUT2D eigenvalue weighted by Gasteiger charge is -2.04. The van der Waals surface area contributed by atoms with Crippen molar-refractivity contribution in [2.45, 2.75) is 11.6 Å². The average molecular weight is 319 g/mol. The fraction of sp³-hybridized carbons (Fsp3) is 0.286. The lowest BCUT2D eigenvalue weighted by atomic mass is 10.2. The predicted molar refractivity (Wildman–Crippen MR) is 80.4 cm³/mol. The summed E-state index contributed by atoms with van der Waals surface area (Å²) in [6.45, 7) is 0.343. The number of benzene rings is 1. The van der Waals surface area contributed by atoms with E-state index >= 15 is 0 Å². The van der Waals surface area contributed by atoms with Crippen LogP contribution in [-0.2, 0) is 11.8 Å². The molecule has 0 aliphatic rings. The molecule has 0 saturated carbocycles. The molecule has 0 aliphatic heterocycles. The molecule has 1 aromatic heterocycles. The number of nitrogens with one attached hydrogen (secondary N) is 1. The molecule has 6 nitrogen and oxygen atoms in total. The van der Waals surface area contributed by atoms with Crippen molar-refractivity contribution < 1.29 is 9.18 Å². The third-order valence-corrected chi connectivity index (χ3v) is 3.85. The van der Waals surface area contributed by atoms with Gasteiger partial charge in [0.1, 0.15) is 5.82 Å². The molecule has 8 heteroatoms. The zero-order chi connectivity index (χ0) is 15.9. The Balaban J connectivity index is 1.98. The van der Waals surface area contributed by atoms with Crippen molar-refractivity contribution in [3.05, 3.63) is 30.1 Å². The van der Waals surface area contributed by atoms with Gasteiger partial charge in [-0.3, -0.25) is 4.79 Å². The van der Waals surface area contributed by atoms with E-state index < -0.39 is 0 Å². The second-order valence-electron chi connectivity index (χ2n) is 4.42. The summed E-state index contributed by atoms with van der Waals surface area (Å²) in [6.07, 6.45) is 0.287. The second-order valence-corrected chi connectivity index (χ2v) is 5.36. The molecule has 0 atom stereocenters. The van der Waals surface area contributed by atoms with E-state index in [1.165, 1.54) is 23.9 Å². The second kappa shape index (κ2) is 7.56. The number of hydrogen-bond donors (Lipinski definition) is 1. The molecule has 0 saturated heterocycles. The van der Waals surface area contributed by atoms with Crippen LogP contribution in [0.25, 0.3) is 11.4 Å². The van der Waals surface area contributed by atoms with Gasteiger partial charge in [0.05, 0.1) is 18.2 Å². The van der Waals surface area contributed by atoms with Crippen molar-refractivity contribution >= 4 is 17.7 Å². The van der Waals surface area contributed by atoms with Crippen molar-refractivity contribution in [3.8, 4) is 17.5 Å². The largest absolute Gasteiger partial charge is 0.354 e. The number of rotatable bonds is 6. The van der Waals surface area contributed by atoms with Crippen LogP contribution in [0.3, 0.4) is 0 Å². The van der Waals surface area contributed by atoms with Crippen LogP contribution in [0.4, 0.5) is 4.39 Å². The molecule has 0 aliphatic carbocycles. The first-order valence-corrected chi connectivity index (χ1v) is 7.52. The van der Waals surface area contributed by atoms with Crippen molar-refractivity contribution in [1.29, 1.82) is 5.26 Å². The van der Waals surface area contributed by atoms with Crippen LogP contribution >= 0.6 is 11.8 Å². The Morgan fingerprint density at radius 3 is 2.82 bits per heavy atom. The summed E-state index contributed by atoms with van der Waals surface area (Å²) in [5, 5.41) is 19.7. The third-order valence-electron chi connectivity index (χ3n) is 2.83. The minimum Gasteiger partial charge on any atom is -0.354 e. The first kappa shape index (κ1) is 16.0. The molecule has 1 amide bonds. The first-order valence-electron chi connectivity index (χ1n) is 6.53. The van der Waals surface area contributed by atoms with Crippen molar-refractivity contribution in [2.75, 3.05) is 12.3 Å². The number of aromatic nitrogens is 3. The van der Waals surface area contributed by atoms with Gasteiger partial charge < -0.3 is 9.88 Å². The molecule has 0 radical (unpaired) electrons. The smallest absolute Gasteiger partial charge is 0.230 e. The Kier molecular flexibility index (Phi) is 5.49. The summed E-state index contributed by atoms with van der Waals surface area (Å²) >= 11 is 1.25. The molecule has 0 fully saturated rings. The summed E-state index contributed by atoms with van der Waals surface area (Å²) in [6, 6.07) is 7.93. The monoisotopic (exact) mass is 319 g/mol. The lowest BCUT2D eigenvalue weighted by Crippen LogP contribution is -2.26. The number of carbonyl (C=O) groups is 1. The average Bonchev–Trinajstić information content (AvgIpc) is 2.87. The van der Waals surface area contributed by atoms with E-state index in [0.29, 0.717) is 17.5 Å². The summed E-state index contributed by atoms with van der Waals surface area (Å²) in [4.78, 5) is 11.6. The molecule has 22 heavy (non-hydrogen) atoms. The minimum atomic E-state index is -0.311. The van der Waals surface area contributed by atoms with E-state index in [9.17, 15) is 9.18 Å². The van der Waals surface area contributed by atoms with Gasteiger partial charge in [-0.15, -0.1) is 10.2 Å². The molecule has 0 spiro atoms. The highest BCUT2D eigenvalue weighted by atomic mass is 32.2. The normalized spacial score (nSPS) is 10.2. The summed E-state index contributed by atoms with van der Waals surface area (Å²) < 4.78 is 14.7. The maximum atomic E-state index is 12.9. The van der Waals surface area contributed by atoms with E-state index in [0.717, 1.165) is 5.56 Å². The molecule has 1 N–H and O–H groups in total. The van der Waals surface area contributed by atoms with Crippen LogP contribution in [0.15, 0.2) is 29.4 Å². The molecule has 114 valence electrons. The number of thioether (sulfide) groups is 1. The quantitative estimate of drug-likeness (QED) is 0.648. The Hall–Kier alpha value is -2.40. The maximum absolute atomic E-state index is 12.9. The lowest BCUT2D eigenvalue weighted by molar-refractivity contribution is -0.118. The van der Waals surface area contributed by atoms with Gasteiger partial charge >= 0.3 is 0 Å². The Labute approximate surface area is 131 Å². The molecule has 0 unspecified atom stereocenters. The highest BCUT2D eigenvalue weighted by Crippen LogP contribution is 2.22. The van der Waals surface area contributed by atoms with Crippen LogP contribution in [0, 0.1) is 17.1 Å². The van der Waals surface area contributed by atoms with E-state index in [4.69, 9.17) is 5.26 Å². The fourth-order valence-electron chi connectivity index (χ4n) is 1.73. The van der Waals surface area contributed by atoms with Crippen LogP contribution in [0.1, 0.15) is 6.42 Å². The van der Waals surface area contributed by atoms with Crippen LogP contribution in [0.5, 0.6) is 0 Å². The number of nitriles is 1. The van der Waals surface area contributed by atoms with E-state index in [2.05, 4.69) is 15.5 Å². The summed E-state index contributed by atoms with van der Waals surface area (Å²) in [5.74, 6) is 0.328. The Morgan fingerprint density at radius 1 is 1.41 bits per heavy atom. The van der Waals surface area contributed by atoms with Gasteiger partial charge in [-0.1, -0.05) is 11.8 Å². The molecule has 0 bridgehead atoms. The van der Waals surface area contributed by atoms with Gasteiger partial charge in [0.25, 0.3) is 0 Å². The van der Waals surface area contributed by atoms with E-state index in [-0.39, 0.29) is 23.9 Å². The fourth-order valence-corrected chi connectivity index (χ4v) is 2.47. The van der Waals surface area contributed by atoms with E-state index in [1.54, 1.807) is 23.7 Å². The first-order chi connectivity index (χ1) is 10.6. The van der Waals surface area contributed by atoms with Gasteiger partial charge in [-0.05, 0) is 24.3 Å². The number of carbonyl (C=O) groups excluding carboxylic acids is 1. The predicted octanol–water partition coefficient (Wildman–Crippen LogP) is 1.74. The number of amides is 1. The van der Waals surface area contributed by atoms with Crippen LogP contribution in [0.2, 0.25) is 0 Å². The van der Waals surface area contributed by atoms with Gasteiger partial charge in [0.2, 0.25) is 5.91 Å². The minimum absolute atomic E-state index is 0.161. The zero-order valence-corrected chi connectivity index (χ0v) is 12.7. The van der Waals surface area contributed by atoms with E-state index in [1.807, 2.05) is 6.07 Å². The van der Waals surface area contributed by atoms with Crippen LogP contribution < -0.4 is 5.32 Å². The molecular formula is C14H14FN5OS. The van der Waals surface area contributed by atoms with Crippen molar-refractivity contribution in [1.82, 2.24) is 20.1 Å². The Bertz CT molecular complexity index is 692. The molecule has 1 aromatic carbocycles. The van der Waals surface area contributed by atoms with Crippen molar-refractivity contribution in [2.24, 2.45) is 7.05 Å². The van der Waals surface area contributed by atoms with Gasteiger partial charge in [0, 0.05) is 19.2 Å².